The summed E-state index contributed by atoms with van der Waals surface area (Å²) in [6.07, 6.45) is 5.07. The van der Waals surface area contributed by atoms with Crippen LogP contribution in [-0.2, 0) is 10.3 Å². The fraction of sp³-hybridized carbons (Fsp3) is 0.529. The highest BCUT2D eigenvalue weighted by Gasteiger charge is 2.43. The summed E-state index contributed by atoms with van der Waals surface area (Å²) in [5.41, 5.74) is 0.575. The maximum atomic E-state index is 11.8. The van der Waals surface area contributed by atoms with E-state index in [-0.39, 0.29) is 5.91 Å². The van der Waals surface area contributed by atoms with Gasteiger partial charge in [-0.1, -0.05) is 0 Å². The number of rotatable bonds is 4. The van der Waals surface area contributed by atoms with Crippen LogP contribution in [0.15, 0.2) is 17.6 Å². The van der Waals surface area contributed by atoms with Crippen LogP contribution in [-0.4, -0.2) is 33.9 Å². The fourth-order valence-corrected chi connectivity index (χ4v) is 4.30. The van der Waals surface area contributed by atoms with Gasteiger partial charge in [0.25, 0.3) is 0 Å². The van der Waals surface area contributed by atoms with Gasteiger partial charge < -0.3 is 10.2 Å². The van der Waals surface area contributed by atoms with Crippen molar-refractivity contribution < 1.29 is 4.79 Å². The van der Waals surface area contributed by atoms with Crippen molar-refractivity contribution >= 4 is 23.1 Å². The molecule has 6 nitrogen and oxygen atoms in total. The molecule has 2 aromatic heterocycles. The van der Waals surface area contributed by atoms with Crippen molar-refractivity contribution in [2.24, 2.45) is 0 Å². The summed E-state index contributed by atoms with van der Waals surface area (Å²) in [5.74, 6) is 2.42. The molecule has 24 heavy (non-hydrogen) atoms. The maximum absolute atomic E-state index is 11.8. The van der Waals surface area contributed by atoms with Gasteiger partial charge in [0.15, 0.2) is 0 Å². The number of hydrogen-bond acceptors (Lipinski definition) is 6. The van der Waals surface area contributed by atoms with Crippen LogP contribution in [0, 0.1) is 6.92 Å². The summed E-state index contributed by atoms with van der Waals surface area (Å²) in [6.45, 7) is 5.10. The van der Waals surface area contributed by atoms with Gasteiger partial charge in [-0.25, -0.2) is 15.0 Å². The minimum atomic E-state index is -0.421. The van der Waals surface area contributed by atoms with Gasteiger partial charge in [-0.3, -0.25) is 4.79 Å². The van der Waals surface area contributed by atoms with E-state index in [1.807, 2.05) is 24.6 Å². The van der Waals surface area contributed by atoms with Crippen LogP contribution in [0.2, 0.25) is 0 Å². The molecule has 2 aromatic rings. The van der Waals surface area contributed by atoms with Gasteiger partial charge in [0.2, 0.25) is 5.91 Å². The Hall–Kier alpha value is -2.02. The second kappa shape index (κ2) is 5.81. The van der Waals surface area contributed by atoms with Crippen LogP contribution in [0.4, 0.5) is 5.82 Å². The van der Waals surface area contributed by atoms with E-state index in [9.17, 15) is 4.79 Å². The van der Waals surface area contributed by atoms with Crippen LogP contribution in [0.3, 0.4) is 0 Å². The Morgan fingerprint density at radius 2 is 2.25 bits per heavy atom. The van der Waals surface area contributed by atoms with Crippen molar-refractivity contribution in [2.75, 3.05) is 18.0 Å². The van der Waals surface area contributed by atoms with Gasteiger partial charge in [0, 0.05) is 43.2 Å². The predicted octanol–water partition coefficient (Wildman–Crippen LogP) is 2.36. The first kappa shape index (κ1) is 15.5. The smallest absolute Gasteiger partial charge is 0.217 e. The summed E-state index contributed by atoms with van der Waals surface area (Å²) in [6, 6.07) is 1.96. The molecule has 4 rings (SSSR count). The third-order valence-electron chi connectivity index (χ3n) is 4.64. The molecule has 3 heterocycles. The van der Waals surface area contributed by atoms with Gasteiger partial charge in [-0.05, 0) is 32.3 Å². The number of thiazole rings is 1. The van der Waals surface area contributed by atoms with Gasteiger partial charge in [0.05, 0.1) is 0 Å². The molecular weight excluding hydrogens is 322 g/mol. The molecule has 1 aliphatic carbocycles. The summed E-state index contributed by atoms with van der Waals surface area (Å²) >= 11 is 1.62. The summed E-state index contributed by atoms with van der Waals surface area (Å²) in [5, 5.41) is 6.18. The first-order valence-electron chi connectivity index (χ1n) is 8.35. The molecule has 0 spiro atoms. The molecule has 0 radical (unpaired) electrons. The summed E-state index contributed by atoms with van der Waals surface area (Å²) in [7, 11) is 0. The highest BCUT2D eigenvalue weighted by atomic mass is 32.1. The molecule has 1 amide bonds. The van der Waals surface area contributed by atoms with Crippen molar-refractivity contribution in [3.8, 4) is 0 Å². The molecule has 0 bridgehead atoms. The average molecular weight is 343 g/mol. The molecule has 1 atom stereocenters. The lowest BCUT2D eigenvalue weighted by atomic mass is 9.99. The van der Waals surface area contributed by atoms with Gasteiger partial charge >= 0.3 is 0 Å². The zero-order chi connectivity index (χ0) is 16.7. The quantitative estimate of drug-likeness (QED) is 0.923. The second-order valence-corrected chi connectivity index (χ2v) is 7.63. The number of carbonyl (C=O) groups is 1. The van der Waals surface area contributed by atoms with E-state index in [0.29, 0.717) is 12.5 Å². The number of hydrogen-bond donors (Lipinski definition) is 1. The molecule has 7 heteroatoms. The third-order valence-corrected chi connectivity index (χ3v) is 5.80. The predicted molar refractivity (Wildman–Crippen MR) is 93.2 cm³/mol. The topological polar surface area (TPSA) is 71.0 Å². The first-order valence-corrected chi connectivity index (χ1v) is 9.23. The standard InChI is InChI=1S/C17H21N5OS/c1-11-9-24-16(19-11)17(21-12(2)23)6-8-22(10-17)14-5-7-18-15(20-14)13-3-4-13/h5,7,9,13H,3-4,6,8,10H2,1-2H3,(H,21,23). The van der Waals surface area contributed by atoms with Crippen LogP contribution in [0.5, 0.6) is 0 Å². The van der Waals surface area contributed by atoms with E-state index >= 15 is 0 Å². The number of amides is 1. The van der Waals surface area contributed by atoms with Crippen molar-refractivity contribution in [2.45, 2.75) is 44.6 Å². The summed E-state index contributed by atoms with van der Waals surface area (Å²) in [4.78, 5) is 27.8. The van der Waals surface area contributed by atoms with Crippen molar-refractivity contribution in [3.63, 3.8) is 0 Å². The van der Waals surface area contributed by atoms with E-state index < -0.39 is 5.54 Å². The Balaban J connectivity index is 1.62. The molecule has 1 unspecified atom stereocenters. The number of aryl methyl sites for hydroxylation is 1. The Kier molecular flexibility index (Phi) is 3.75. The largest absolute Gasteiger partial charge is 0.354 e. The zero-order valence-electron chi connectivity index (χ0n) is 14.0. The van der Waals surface area contributed by atoms with Gasteiger partial charge in [-0.15, -0.1) is 11.3 Å². The van der Waals surface area contributed by atoms with Gasteiger partial charge in [0.1, 0.15) is 22.2 Å². The number of anilines is 1. The summed E-state index contributed by atoms with van der Waals surface area (Å²) < 4.78 is 0. The molecule has 1 aliphatic heterocycles. The van der Waals surface area contributed by atoms with Gasteiger partial charge in [-0.2, -0.15) is 0 Å². The highest BCUT2D eigenvalue weighted by molar-refractivity contribution is 7.09. The lowest BCUT2D eigenvalue weighted by Gasteiger charge is -2.28. The Bertz CT molecular complexity index is 772. The molecule has 1 saturated carbocycles. The van der Waals surface area contributed by atoms with Crippen molar-refractivity contribution in [3.05, 3.63) is 34.2 Å². The number of aromatic nitrogens is 3. The monoisotopic (exact) mass is 343 g/mol. The average Bonchev–Trinajstić information content (AvgIpc) is 3.18. The molecule has 1 N–H and O–H groups in total. The minimum absolute atomic E-state index is 0.0222. The van der Waals surface area contributed by atoms with E-state index in [1.54, 1.807) is 18.3 Å². The van der Waals surface area contributed by atoms with E-state index in [2.05, 4.69) is 20.2 Å². The number of carbonyl (C=O) groups excluding carboxylic acids is 1. The lowest BCUT2D eigenvalue weighted by molar-refractivity contribution is -0.120. The fourth-order valence-electron chi connectivity index (χ4n) is 3.32. The van der Waals surface area contributed by atoms with Crippen LogP contribution >= 0.6 is 11.3 Å². The Labute approximate surface area is 145 Å². The highest BCUT2D eigenvalue weighted by Crippen LogP contribution is 2.39. The SMILES string of the molecule is CC(=O)NC1(c2nc(C)cs2)CCN(c2ccnc(C3CC3)n2)C1. The second-order valence-electron chi connectivity index (χ2n) is 6.78. The third kappa shape index (κ3) is 2.88. The molecule has 2 fully saturated rings. The van der Waals surface area contributed by atoms with E-state index in [4.69, 9.17) is 4.98 Å². The van der Waals surface area contributed by atoms with Crippen LogP contribution in [0.25, 0.3) is 0 Å². The Morgan fingerprint density at radius 1 is 1.42 bits per heavy atom. The lowest BCUT2D eigenvalue weighted by Crippen LogP contribution is -2.47. The molecule has 2 aliphatic rings. The number of nitrogens with zero attached hydrogens (tertiary/aromatic N) is 4. The van der Waals surface area contributed by atoms with Crippen LogP contribution < -0.4 is 10.2 Å². The molecule has 126 valence electrons. The zero-order valence-corrected chi connectivity index (χ0v) is 14.8. The first-order chi connectivity index (χ1) is 11.6. The van der Waals surface area contributed by atoms with Crippen LogP contribution in [0.1, 0.15) is 48.6 Å². The van der Waals surface area contributed by atoms with Crippen molar-refractivity contribution in [1.29, 1.82) is 0 Å². The molecule has 0 aromatic carbocycles. The normalized spacial score (nSPS) is 23.5. The number of nitrogens with one attached hydrogen (secondary N) is 1. The minimum Gasteiger partial charge on any atom is -0.354 e. The molecular formula is C17H21N5OS. The molecule has 1 saturated heterocycles. The maximum Gasteiger partial charge on any atom is 0.217 e. The Morgan fingerprint density at radius 3 is 2.92 bits per heavy atom. The van der Waals surface area contributed by atoms with Crippen molar-refractivity contribution in [1.82, 2.24) is 20.3 Å². The van der Waals surface area contributed by atoms with E-state index in [1.165, 1.54) is 12.8 Å². The van der Waals surface area contributed by atoms with E-state index in [0.717, 1.165) is 35.3 Å².